The van der Waals surface area contributed by atoms with Crippen molar-refractivity contribution in [3.8, 4) is 0 Å². The number of piperidine rings is 1. The maximum absolute atomic E-state index is 12.4. The second-order valence-electron chi connectivity index (χ2n) is 7.29. The number of amides is 1. The van der Waals surface area contributed by atoms with Crippen LogP contribution >= 0.6 is 0 Å². The summed E-state index contributed by atoms with van der Waals surface area (Å²) in [5.74, 6) is 2.08. The van der Waals surface area contributed by atoms with E-state index in [9.17, 15) is 4.79 Å². The quantitative estimate of drug-likeness (QED) is 0.797. The average molecular weight is 356 g/mol. The number of carbonyl (C=O) groups excluding carboxylic acids is 1. The smallest absolute Gasteiger partial charge is 0.231 e. The first-order valence-electron chi connectivity index (χ1n) is 9.48. The first kappa shape index (κ1) is 18.6. The third kappa shape index (κ3) is 5.14. The molecule has 0 bridgehead atoms. The largest absolute Gasteiger partial charge is 0.346 e. The molecule has 3 rings (SSSR count). The Morgan fingerprint density at radius 1 is 1.35 bits per heavy atom. The summed E-state index contributed by atoms with van der Waals surface area (Å²) in [6.07, 6.45) is 3.52. The summed E-state index contributed by atoms with van der Waals surface area (Å²) in [6, 6.07) is 9.74. The third-order valence-corrected chi connectivity index (χ3v) is 5.09. The van der Waals surface area contributed by atoms with Gasteiger partial charge in [-0.05, 0) is 50.3 Å². The highest BCUT2D eigenvalue weighted by Crippen LogP contribution is 2.23. The van der Waals surface area contributed by atoms with E-state index in [1.807, 2.05) is 37.3 Å². The van der Waals surface area contributed by atoms with E-state index in [1.165, 1.54) is 12.8 Å². The first-order chi connectivity index (χ1) is 12.6. The number of hydrogen-bond donors (Lipinski definition) is 2. The van der Waals surface area contributed by atoms with E-state index in [0.717, 1.165) is 18.7 Å². The van der Waals surface area contributed by atoms with Gasteiger partial charge < -0.3 is 15.2 Å². The van der Waals surface area contributed by atoms with Crippen LogP contribution in [0.3, 0.4) is 0 Å². The van der Waals surface area contributed by atoms with Gasteiger partial charge in [-0.3, -0.25) is 4.79 Å². The Balaban J connectivity index is 1.49. The summed E-state index contributed by atoms with van der Waals surface area (Å²) >= 11 is 0. The summed E-state index contributed by atoms with van der Waals surface area (Å²) in [4.78, 5) is 16.8. The molecular weight excluding hydrogens is 328 g/mol. The number of hydrogen-bond acceptors (Lipinski definition) is 5. The van der Waals surface area contributed by atoms with Gasteiger partial charge in [-0.15, -0.1) is 0 Å². The minimum absolute atomic E-state index is 0.0463. The number of rotatable bonds is 7. The molecule has 0 aliphatic carbocycles. The number of nitrogens with zero attached hydrogens (tertiary/aromatic N) is 2. The lowest BCUT2D eigenvalue weighted by Gasteiger charge is -2.28. The highest BCUT2D eigenvalue weighted by Gasteiger charge is 2.23. The van der Waals surface area contributed by atoms with Crippen LogP contribution < -0.4 is 10.6 Å². The van der Waals surface area contributed by atoms with E-state index >= 15 is 0 Å². The number of nitrogens with one attached hydrogen (secondary N) is 2. The zero-order chi connectivity index (χ0) is 18.4. The molecule has 6 heteroatoms. The fraction of sp³-hybridized carbons (Fsp3) is 0.550. The molecule has 6 nitrogen and oxygen atoms in total. The van der Waals surface area contributed by atoms with E-state index in [-0.39, 0.29) is 11.9 Å². The van der Waals surface area contributed by atoms with Crippen LogP contribution in [0.25, 0.3) is 0 Å². The van der Waals surface area contributed by atoms with Crippen molar-refractivity contribution < 1.29 is 9.32 Å². The molecule has 2 heterocycles. The van der Waals surface area contributed by atoms with Crippen molar-refractivity contribution >= 4 is 5.91 Å². The number of carbonyl (C=O) groups is 1. The molecule has 1 aliphatic heterocycles. The molecule has 1 aromatic heterocycles. The highest BCUT2D eigenvalue weighted by molar-refractivity contribution is 5.76. The summed E-state index contributed by atoms with van der Waals surface area (Å²) < 4.78 is 5.33. The number of aromatic nitrogens is 2. The van der Waals surface area contributed by atoms with Crippen LogP contribution in [0, 0.1) is 11.8 Å². The van der Waals surface area contributed by atoms with E-state index in [2.05, 4.69) is 27.7 Å². The van der Waals surface area contributed by atoms with Crippen molar-refractivity contribution in [2.75, 3.05) is 13.1 Å². The lowest BCUT2D eigenvalue weighted by Crippen LogP contribution is -2.36. The monoisotopic (exact) mass is 356 g/mol. The standard InChI is InChI=1S/C20H28N4O2/c1-14(17-9-6-10-21-13-17)11-18(25)22-15(2)20-23-19(26-24-20)12-16-7-4-3-5-8-16/h3-5,7-8,14-15,17,21H,6,9-13H2,1-2H3,(H,22,25). The summed E-state index contributed by atoms with van der Waals surface area (Å²) in [7, 11) is 0. The van der Waals surface area contributed by atoms with Gasteiger partial charge in [-0.2, -0.15) is 4.98 Å². The van der Waals surface area contributed by atoms with E-state index in [1.54, 1.807) is 0 Å². The fourth-order valence-electron chi connectivity index (χ4n) is 3.47. The molecule has 1 saturated heterocycles. The predicted octanol–water partition coefficient (Wildman–Crippen LogP) is 2.86. The Morgan fingerprint density at radius 3 is 2.88 bits per heavy atom. The summed E-state index contributed by atoms with van der Waals surface area (Å²) in [5.41, 5.74) is 1.12. The zero-order valence-corrected chi connectivity index (χ0v) is 15.6. The fourth-order valence-corrected chi connectivity index (χ4v) is 3.47. The van der Waals surface area contributed by atoms with Gasteiger partial charge in [-0.25, -0.2) is 0 Å². The summed E-state index contributed by atoms with van der Waals surface area (Å²) in [6.45, 7) is 6.16. The Labute approximate surface area is 154 Å². The molecule has 2 N–H and O–H groups in total. The van der Waals surface area contributed by atoms with Crippen LogP contribution in [-0.4, -0.2) is 29.1 Å². The van der Waals surface area contributed by atoms with Gasteiger partial charge in [-0.1, -0.05) is 42.4 Å². The van der Waals surface area contributed by atoms with Gasteiger partial charge in [0.25, 0.3) is 0 Å². The summed E-state index contributed by atoms with van der Waals surface area (Å²) in [5, 5.41) is 10.4. The molecule has 1 fully saturated rings. The van der Waals surface area contributed by atoms with Crippen molar-refractivity contribution in [2.45, 2.75) is 45.6 Å². The van der Waals surface area contributed by atoms with E-state index in [0.29, 0.717) is 36.4 Å². The SMILES string of the molecule is CC(NC(=O)CC(C)C1CCCNC1)c1noc(Cc2ccccc2)n1. The second kappa shape index (κ2) is 8.94. The molecule has 3 unspecified atom stereocenters. The van der Waals surface area contributed by atoms with Gasteiger partial charge in [0.15, 0.2) is 5.82 Å². The van der Waals surface area contributed by atoms with Crippen LogP contribution in [0.1, 0.15) is 56.4 Å². The highest BCUT2D eigenvalue weighted by atomic mass is 16.5. The van der Waals surface area contributed by atoms with E-state index < -0.39 is 0 Å². The van der Waals surface area contributed by atoms with Gasteiger partial charge in [0.2, 0.25) is 11.8 Å². The van der Waals surface area contributed by atoms with Gasteiger partial charge in [0, 0.05) is 6.42 Å². The lowest BCUT2D eigenvalue weighted by atomic mass is 9.85. The molecule has 0 radical (unpaired) electrons. The lowest BCUT2D eigenvalue weighted by molar-refractivity contribution is -0.123. The minimum Gasteiger partial charge on any atom is -0.346 e. The molecule has 1 aliphatic rings. The van der Waals surface area contributed by atoms with Gasteiger partial charge in [0.1, 0.15) is 0 Å². The minimum atomic E-state index is -0.257. The van der Waals surface area contributed by atoms with Crippen molar-refractivity contribution in [3.05, 3.63) is 47.6 Å². The average Bonchev–Trinajstić information content (AvgIpc) is 3.12. The van der Waals surface area contributed by atoms with Gasteiger partial charge >= 0.3 is 0 Å². The maximum atomic E-state index is 12.4. The zero-order valence-electron chi connectivity index (χ0n) is 15.6. The Bertz CT molecular complexity index is 695. The maximum Gasteiger partial charge on any atom is 0.231 e. The second-order valence-corrected chi connectivity index (χ2v) is 7.29. The third-order valence-electron chi connectivity index (χ3n) is 5.09. The molecule has 1 amide bonds. The van der Waals surface area contributed by atoms with Crippen molar-refractivity contribution in [1.29, 1.82) is 0 Å². The van der Waals surface area contributed by atoms with Crippen LogP contribution in [0.15, 0.2) is 34.9 Å². The Hall–Kier alpha value is -2.21. The molecule has 0 saturated carbocycles. The van der Waals surface area contributed by atoms with Crippen LogP contribution in [0.2, 0.25) is 0 Å². The van der Waals surface area contributed by atoms with Crippen molar-refractivity contribution in [1.82, 2.24) is 20.8 Å². The Kier molecular flexibility index (Phi) is 6.39. The molecular formula is C20H28N4O2. The molecule has 26 heavy (non-hydrogen) atoms. The number of benzene rings is 1. The molecule has 0 spiro atoms. The van der Waals surface area contributed by atoms with Crippen molar-refractivity contribution in [2.24, 2.45) is 11.8 Å². The van der Waals surface area contributed by atoms with Crippen LogP contribution in [0.5, 0.6) is 0 Å². The Morgan fingerprint density at radius 2 is 2.15 bits per heavy atom. The topological polar surface area (TPSA) is 80.0 Å². The molecule has 1 aromatic carbocycles. The van der Waals surface area contributed by atoms with Crippen molar-refractivity contribution in [3.63, 3.8) is 0 Å². The van der Waals surface area contributed by atoms with Crippen LogP contribution in [0.4, 0.5) is 0 Å². The molecule has 140 valence electrons. The van der Waals surface area contributed by atoms with Crippen LogP contribution in [-0.2, 0) is 11.2 Å². The van der Waals surface area contributed by atoms with Gasteiger partial charge in [0.05, 0.1) is 12.5 Å². The first-order valence-corrected chi connectivity index (χ1v) is 9.48. The normalized spacial score (nSPS) is 19.7. The molecule has 3 atom stereocenters. The molecule has 2 aromatic rings. The predicted molar refractivity (Wildman–Crippen MR) is 99.5 cm³/mol. The van der Waals surface area contributed by atoms with E-state index in [4.69, 9.17) is 4.52 Å².